The van der Waals surface area contributed by atoms with Gasteiger partial charge in [0.05, 0.1) is 6.07 Å². The Labute approximate surface area is 68.4 Å². The molecule has 0 bridgehead atoms. The lowest BCUT2D eigenvalue weighted by atomic mass is 10.5. The molecule has 1 atom stereocenters. The molecule has 0 heterocycles. The second-order valence-electron chi connectivity index (χ2n) is 2.98. The van der Waals surface area contributed by atoms with Crippen LogP contribution in [-0.2, 0) is 0 Å². The molecule has 64 valence electrons. The van der Waals surface area contributed by atoms with Crippen molar-refractivity contribution >= 4 is 8.32 Å². The zero-order valence-corrected chi connectivity index (χ0v) is 7.88. The van der Waals surface area contributed by atoms with Gasteiger partial charge in [0.15, 0.2) is 8.32 Å². The molecule has 0 aromatic rings. The molecular weight excluding hydrogens is 158 g/mol. The Morgan fingerprint density at radius 1 is 1.45 bits per heavy atom. The van der Waals surface area contributed by atoms with Gasteiger partial charge in [-0.2, -0.15) is 5.26 Å². The van der Waals surface area contributed by atoms with Gasteiger partial charge in [-0.05, 0) is 25.1 Å². The van der Waals surface area contributed by atoms with Crippen LogP contribution in [0.2, 0.25) is 18.6 Å². The molecule has 0 fully saturated rings. The summed E-state index contributed by atoms with van der Waals surface area (Å²) < 4.78 is 0. The van der Waals surface area contributed by atoms with Crippen LogP contribution in [0.4, 0.5) is 0 Å². The van der Waals surface area contributed by atoms with E-state index in [2.05, 4.69) is 0 Å². The van der Waals surface area contributed by atoms with Crippen LogP contribution < -0.4 is 0 Å². The summed E-state index contributed by atoms with van der Waals surface area (Å²) in [5.41, 5.74) is 0. The molecule has 0 aliphatic rings. The van der Waals surface area contributed by atoms with Crippen molar-refractivity contribution in [2.75, 3.05) is 6.61 Å². The van der Waals surface area contributed by atoms with E-state index in [1.54, 1.807) is 0 Å². The summed E-state index contributed by atoms with van der Waals surface area (Å²) in [5.74, 6) is 0. The highest BCUT2D eigenvalue weighted by Crippen LogP contribution is 2.15. The van der Waals surface area contributed by atoms with E-state index in [0.717, 1.165) is 0 Å². The molecule has 0 aliphatic carbocycles. The molecular formula is C7H15NO2Si. The fourth-order valence-corrected chi connectivity index (χ4v) is 2.73. The second kappa shape index (κ2) is 5.30. The Morgan fingerprint density at radius 2 is 2.09 bits per heavy atom. The van der Waals surface area contributed by atoms with Crippen molar-refractivity contribution in [3.8, 4) is 6.07 Å². The Kier molecular flexibility index (Phi) is 5.12. The van der Waals surface area contributed by atoms with Gasteiger partial charge in [0, 0.05) is 13.0 Å². The fourth-order valence-electron chi connectivity index (χ4n) is 0.910. The number of nitrogens with zero attached hydrogens (tertiary/aromatic N) is 1. The van der Waals surface area contributed by atoms with Gasteiger partial charge in [0.25, 0.3) is 0 Å². The summed E-state index contributed by atoms with van der Waals surface area (Å²) in [5, 5.41) is 16.8. The average molecular weight is 173 g/mol. The first-order chi connectivity index (χ1) is 5.12. The molecule has 11 heavy (non-hydrogen) atoms. The van der Waals surface area contributed by atoms with Crippen LogP contribution in [0.15, 0.2) is 0 Å². The van der Waals surface area contributed by atoms with Crippen molar-refractivity contribution in [1.82, 2.24) is 0 Å². The fraction of sp³-hybridized carbons (Fsp3) is 0.857. The maximum Gasteiger partial charge on any atom is 0.186 e. The SMILES string of the molecule is C[Si](O)(CCC#N)CCCO. The number of nitriles is 1. The van der Waals surface area contributed by atoms with Crippen LogP contribution in [0.25, 0.3) is 0 Å². The predicted octanol–water partition coefficient (Wildman–Crippen LogP) is 0.850. The molecule has 0 saturated carbocycles. The normalized spacial score (nSPS) is 15.5. The largest absolute Gasteiger partial charge is 0.432 e. The Hall–Kier alpha value is -0.373. The van der Waals surface area contributed by atoms with Crippen LogP contribution >= 0.6 is 0 Å². The summed E-state index contributed by atoms with van der Waals surface area (Å²) in [6.45, 7) is 1.97. The molecule has 0 aromatic carbocycles. The summed E-state index contributed by atoms with van der Waals surface area (Å²) in [6.07, 6.45) is 1.09. The van der Waals surface area contributed by atoms with E-state index in [0.29, 0.717) is 24.9 Å². The number of hydrogen-bond acceptors (Lipinski definition) is 3. The Bertz CT molecular complexity index is 142. The van der Waals surface area contributed by atoms with Gasteiger partial charge >= 0.3 is 0 Å². The van der Waals surface area contributed by atoms with E-state index in [4.69, 9.17) is 10.4 Å². The quantitative estimate of drug-likeness (QED) is 0.606. The van der Waals surface area contributed by atoms with Gasteiger partial charge in [0.2, 0.25) is 0 Å². The highest BCUT2D eigenvalue weighted by atomic mass is 28.4. The second-order valence-corrected chi connectivity index (χ2v) is 6.98. The lowest BCUT2D eigenvalue weighted by Gasteiger charge is -2.17. The maximum absolute atomic E-state index is 9.65. The number of hydrogen-bond donors (Lipinski definition) is 2. The smallest absolute Gasteiger partial charge is 0.186 e. The van der Waals surface area contributed by atoms with Crippen LogP contribution in [0, 0.1) is 11.3 Å². The molecule has 0 rings (SSSR count). The van der Waals surface area contributed by atoms with Gasteiger partial charge in [0.1, 0.15) is 0 Å². The van der Waals surface area contributed by atoms with Crippen LogP contribution in [-0.4, -0.2) is 24.8 Å². The van der Waals surface area contributed by atoms with Gasteiger partial charge in [-0.15, -0.1) is 0 Å². The monoisotopic (exact) mass is 173 g/mol. The molecule has 4 heteroatoms. The number of rotatable bonds is 5. The Balaban J connectivity index is 3.54. The zero-order valence-electron chi connectivity index (χ0n) is 6.88. The first-order valence-electron chi connectivity index (χ1n) is 3.82. The molecule has 0 saturated heterocycles. The molecule has 3 nitrogen and oxygen atoms in total. The minimum Gasteiger partial charge on any atom is -0.432 e. The van der Waals surface area contributed by atoms with Crippen molar-refractivity contribution in [1.29, 1.82) is 5.26 Å². The molecule has 0 aliphatic heterocycles. The van der Waals surface area contributed by atoms with Gasteiger partial charge < -0.3 is 9.90 Å². The topological polar surface area (TPSA) is 64.2 Å². The van der Waals surface area contributed by atoms with Crippen molar-refractivity contribution in [2.45, 2.75) is 31.5 Å². The summed E-state index contributed by atoms with van der Waals surface area (Å²) in [4.78, 5) is 9.65. The minimum atomic E-state index is -2.13. The molecule has 1 unspecified atom stereocenters. The molecule has 2 N–H and O–H groups in total. The van der Waals surface area contributed by atoms with E-state index in [-0.39, 0.29) is 6.61 Å². The average Bonchev–Trinajstić information content (AvgIpc) is 1.97. The van der Waals surface area contributed by atoms with Gasteiger partial charge in [-0.1, -0.05) is 0 Å². The van der Waals surface area contributed by atoms with E-state index in [9.17, 15) is 4.80 Å². The number of aliphatic hydroxyl groups excluding tert-OH is 1. The minimum absolute atomic E-state index is 0.135. The van der Waals surface area contributed by atoms with Crippen molar-refractivity contribution in [2.24, 2.45) is 0 Å². The van der Waals surface area contributed by atoms with Crippen LogP contribution in [0.5, 0.6) is 0 Å². The van der Waals surface area contributed by atoms with E-state index >= 15 is 0 Å². The number of aliphatic hydroxyl groups is 1. The van der Waals surface area contributed by atoms with Gasteiger partial charge in [-0.25, -0.2) is 0 Å². The Morgan fingerprint density at radius 3 is 2.55 bits per heavy atom. The third-order valence-corrected chi connectivity index (χ3v) is 4.41. The molecule has 0 spiro atoms. The predicted molar refractivity (Wildman–Crippen MR) is 45.4 cm³/mol. The van der Waals surface area contributed by atoms with Crippen molar-refractivity contribution in [3.63, 3.8) is 0 Å². The molecule has 0 amide bonds. The third-order valence-electron chi connectivity index (χ3n) is 1.65. The van der Waals surface area contributed by atoms with E-state index in [1.165, 1.54) is 0 Å². The van der Waals surface area contributed by atoms with Crippen LogP contribution in [0.1, 0.15) is 12.8 Å². The van der Waals surface area contributed by atoms with E-state index < -0.39 is 8.32 Å². The molecule has 0 radical (unpaired) electrons. The summed E-state index contributed by atoms with van der Waals surface area (Å²) >= 11 is 0. The first kappa shape index (κ1) is 10.6. The third kappa shape index (κ3) is 6.04. The first-order valence-corrected chi connectivity index (χ1v) is 6.69. The zero-order chi connectivity index (χ0) is 8.74. The van der Waals surface area contributed by atoms with Crippen molar-refractivity contribution in [3.05, 3.63) is 0 Å². The van der Waals surface area contributed by atoms with Crippen LogP contribution in [0.3, 0.4) is 0 Å². The summed E-state index contributed by atoms with van der Waals surface area (Å²) in [7, 11) is -2.13. The van der Waals surface area contributed by atoms with E-state index in [1.807, 2.05) is 12.6 Å². The highest BCUT2D eigenvalue weighted by Gasteiger charge is 2.22. The lowest BCUT2D eigenvalue weighted by Crippen LogP contribution is -2.29. The summed E-state index contributed by atoms with van der Waals surface area (Å²) in [6, 6.07) is 3.34. The maximum atomic E-state index is 9.65. The molecule has 0 aromatic heterocycles. The van der Waals surface area contributed by atoms with Crippen molar-refractivity contribution < 1.29 is 9.90 Å². The lowest BCUT2D eigenvalue weighted by molar-refractivity contribution is 0.292. The standard InChI is InChI=1S/C7H15NO2Si/c1-11(10,6-2-4-8)7-3-5-9/h9-10H,2-3,5-7H2,1H3. The van der Waals surface area contributed by atoms with Gasteiger partial charge in [-0.3, -0.25) is 0 Å². The highest BCUT2D eigenvalue weighted by molar-refractivity contribution is 6.71.